The fourth-order valence-electron chi connectivity index (χ4n) is 1.32. The van der Waals surface area contributed by atoms with Crippen LogP contribution in [0.4, 0.5) is 0 Å². The Morgan fingerprint density at radius 1 is 1.08 bits per heavy atom. The standard InChI is InChI=1S/C11H9.CH3.Y/c1-9-5-4-7-10-6-2-3-8-11(9)10;;/h2-4,6-8H,1H3;1H3;/q2*-1;. The van der Waals surface area contributed by atoms with Crippen molar-refractivity contribution in [2.24, 2.45) is 0 Å². The van der Waals surface area contributed by atoms with Gasteiger partial charge in [-0.05, 0) is 0 Å². The maximum absolute atomic E-state index is 3.17. The summed E-state index contributed by atoms with van der Waals surface area (Å²) in [4.78, 5) is 0. The van der Waals surface area contributed by atoms with E-state index in [1.54, 1.807) is 0 Å². The van der Waals surface area contributed by atoms with E-state index >= 15 is 0 Å². The minimum absolute atomic E-state index is 0. The topological polar surface area (TPSA) is 0 Å². The first-order valence-electron chi connectivity index (χ1n) is 3.74. The van der Waals surface area contributed by atoms with E-state index in [-0.39, 0.29) is 40.1 Å². The van der Waals surface area contributed by atoms with E-state index in [4.69, 9.17) is 0 Å². The smallest absolute Gasteiger partial charge is 0 e. The number of benzene rings is 2. The number of aryl methyl sites for hydroxylation is 1. The van der Waals surface area contributed by atoms with Gasteiger partial charge in [0, 0.05) is 32.7 Å². The van der Waals surface area contributed by atoms with Crippen molar-refractivity contribution < 1.29 is 32.7 Å². The molecule has 0 spiro atoms. The molecule has 2 aromatic carbocycles. The molecule has 0 saturated heterocycles. The second-order valence-corrected chi connectivity index (χ2v) is 2.69. The van der Waals surface area contributed by atoms with Gasteiger partial charge in [0.2, 0.25) is 0 Å². The van der Waals surface area contributed by atoms with Crippen LogP contribution in [0.2, 0.25) is 0 Å². The fourth-order valence-corrected chi connectivity index (χ4v) is 1.32. The molecule has 1 heteroatoms. The molecule has 0 saturated carbocycles. The van der Waals surface area contributed by atoms with Crippen LogP contribution in [0.1, 0.15) is 5.56 Å². The van der Waals surface area contributed by atoms with Crippen molar-refractivity contribution in [2.75, 3.05) is 0 Å². The van der Waals surface area contributed by atoms with Crippen molar-refractivity contribution in [1.29, 1.82) is 0 Å². The Balaban J connectivity index is 0.000000720. The molecule has 0 heterocycles. The van der Waals surface area contributed by atoms with Crippen LogP contribution in [-0.4, -0.2) is 0 Å². The third-order valence-electron chi connectivity index (χ3n) is 1.93. The van der Waals surface area contributed by atoms with Crippen LogP contribution >= 0.6 is 0 Å². The molecule has 2 rings (SSSR count). The Morgan fingerprint density at radius 3 is 2.46 bits per heavy atom. The predicted octanol–water partition coefficient (Wildman–Crippen LogP) is 3.40. The first-order chi connectivity index (χ1) is 5.38. The molecule has 0 aromatic heterocycles. The van der Waals surface area contributed by atoms with Crippen LogP contribution in [0, 0.1) is 20.4 Å². The molecule has 0 aliphatic carbocycles. The summed E-state index contributed by atoms with van der Waals surface area (Å²) in [6.07, 6.45) is 0. The first-order valence-corrected chi connectivity index (χ1v) is 3.74. The first kappa shape index (κ1) is 12.8. The summed E-state index contributed by atoms with van der Waals surface area (Å²) in [6, 6.07) is 15.6. The third kappa shape index (κ3) is 2.62. The Kier molecular flexibility index (Phi) is 5.43. The summed E-state index contributed by atoms with van der Waals surface area (Å²) in [7, 11) is 0. The van der Waals surface area contributed by atoms with E-state index in [1.807, 2.05) is 6.07 Å². The van der Waals surface area contributed by atoms with Gasteiger partial charge in [0.25, 0.3) is 0 Å². The van der Waals surface area contributed by atoms with Crippen molar-refractivity contribution >= 4 is 10.8 Å². The summed E-state index contributed by atoms with van der Waals surface area (Å²) in [5, 5.41) is 2.60. The summed E-state index contributed by atoms with van der Waals surface area (Å²) < 4.78 is 0. The van der Waals surface area contributed by atoms with E-state index in [1.165, 1.54) is 16.3 Å². The number of hydrogen-bond donors (Lipinski definition) is 0. The van der Waals surface area contributed by atoms with Gasteiger partial charge in [0.05, 0.1) is 0 Å². The van der Waals surface area contributed by atoms with Gasteiger partial charge in [-0.2, -0.15) is 23.8 Å². The second-order valence-electron chi connectivity index (χ2n) is 2.69. The van der Waals surface area contributed by atoms with Gasteiger partial charge >= 0.3 is 0 Å². The molecule has 0 nitrogen and oxygen atoms in total. The predicted molar refractivity (Wildman–Crippen MR) is 53.9 cm³/mol. The van der Waals surface area contributed by atoms with Gasteiger partial charge < -0.3 is 7.43 Å². The van der Waals surface area contributed by atoms with Crippen molar-refractivity contribution in [2.45, 2.75) is 6.92 Å². The zero-order valence-corrected chi connectivity index (χ0v) is 10.9. The van der Waals surface area contributed by atoms with Crippen LogP contribution in [-0.2, 0) is 32.7 Å². The maximum atomic E-state index is 3.17. The number of rotatable bonds is 0. The maximum Gasteiger partial charge on any atom is 0 e. The summed E-state index contributed by atoms with van der Waals surface area (Å²) in [6.45, 7) is 2.09. The van der Waals surface area contributed by atoms with Crippen molar-refractivity contribution in [3.8, 4) is 0 Å². The molecular weight excluding hydrogens is 233 g/mol. The van der Waals surface area contributed by atoms with Gasteiger partial charge in [-0.25, -0.2) is 0 Å². The van der Waals surface area contributed by atoms with Crippen LogP contribution in [0.25, 0.3) is 10.8 Å². The minimum Gasteiger partial charge on any atom is -0.358 e. The second kappa shape index (κ2) is 5.52. The average molecular weight is 245 g/mol. The van der Waals surface area contributed by atoms with Crippen molar-refractivity contribution in [1.82, 2.24) is 0 Å². The van der Waals surface area contributed by atoms with Gasteiger partial charge in [0.15, 0.2) is 0 Å². The van der Waals surface area contributed by atoms with Gasteiger partial charge in [-0.1, -0.05) is 25.1 Å². The van der Waals surface area contributed by atoms with E-state index in [2.05, 4.69) is 43.3 Å². The van der Waals surface area contributed by atoms with E-state index in [0.29, 0.717) is 0 Å². The molecule has 0 N–H and O–H groups in total. The zero-order chi connectivity index (χ0) is 7.68. The number of fused-ring (bicyclic) bond motifs is 1. The average Bonchev–Trinajstić information content (AvgIpc) is 2.06. The van der Waals surface area contributed by atoms with E-state index in [0.717, 1.165) is 0 Å². The normalized spacial score (nSPS) is 8.69. The Hall–Kier alpha value is -0.196. The van der Waals surface area contributed by atoms with Crippen molar-refractivity contribution in [3.63, 3.8) is 0 Å². The molecule has 65 valence electrons. The number of hydrogen-bond acceptors (Lipinski definition) is 0. The fraction of sp³-hybridized carbons (Fsp3) is 0.0833. The summed E-state index contributed by atoms with van der Waals surface area (Å²) >= 11 is 0. The van der Waals surface area contributed by atoms with E-state index < -0.39 is 0 Å². The van der Waals surface area contributed by atoms with Crippen LogP contribution in [0.15, 0.2) is 36.4 Å². The van der Waals surface area contributed by atoms with E-state index in [9.17, 15) is 0 Å². The quantitative estimate of drug-likeness (QED) is 0.624. The molecule has 2 aromatic rings. The SMILES string of the molecule is Cc1[c-]ccc2ccccc12.[CH3-].[Y]. The molecular formula is C12H12Y-2. The van der Waals surface area contributed by atoms with Gasteiger partial charge in [-0.3, -0.25) is 0 Å². The molecule has 0 unspecified atom stereocenters. The minimum atomic E-state index is 0. The molecule has 13 heavy (non-hydrogen) atoms. The Morgan fingerprint density at radius 2 is 1.77 bits per heavy atom. The zero-order valence-electron chi connectivity index (χ0n) is 8.04. The summed E-state index contributed by atoms with van der Waals surface area (Å²) in [5.74, 6) is 0. The molecule has 1 radical (unpaired) electrons. The van der Waals surface area contributed by atoms with Gasteiger partial charge in [0.1, 0.15) is 0 Å². The molecule has 0 atom stereocenters. The Labute approximate surface area is 105 Å². The molecule has 0 bridgehead atoms. The van der Waals surface area contributed by atoms with Crippen LogP contribution < -0.4 is 0 Å². The molecule has 0 fully saturated rings. The van der Waals surface area contributed by atoms with Crippen LogP contribution in [0.5, 0.6) is 0 Å². The van der Waals surface area contributed by atoms with Crippen molar-refractivity contribution in [3.05, 3.63) is 55.5 Å². The van der Waals surface area contributed by atoms with Crippen LogP contribution in [0.3, 0.4) is 0 Å². The monoisotopic (exact) mass is 245 g/mol. The third-order valence-corrected chi connectivity index (χ3v) is 1.93. The Bertz CT molecular complexity index is 374. The molecule has 0 aliphatic heterocycles. The molecule has 0 aliphatic rings. The van der Waals surface area contributed by atoms with Gasteiger partial charge in [-0.15, -0.1) is 16.8 Å². The largest absolute Gasteiger partial charge is 0.358 e. The summed E-state index contributed by atoms with van der Waals surface area (Å²) in [5.41, 5.74) is 1.23. The molecule has 0 amide bonds.